The van der Waals surface area contributed by atoms with Gasteiger partial charge in [-0.05, 0) is 24.6 Å². The van der Waals surface area contributed by atoms with Crippen molar-refractivity contribution in [2.24, 2.45) is 0 Å². The normalized spacial score (nSPS) is 15.1. The average molecular weight is 165 g/mol. The van der Waals surface area contributed by atoms with E-state index in [-0.39, 0.29) is 5.91 Å². The number of allylic oxidation sites excluding steroid dienone is 2. The van der Waals surface area contributed by atoms with Gasteiger partial charge in [-0.25, -0.2) is 0 Å². The van der Waals surface area contributed by atoms with Gasteiger partial charge in [0.1, 0.15) is 0 Å². The first kappa shape index (κ1) is 6.73. The van der Waals surface area contributed by atoms with Crippen LogP contribution in [0.15, 0.2) is 23.2 Å². The third-order valence-corrected chi connectivity index (χ3v) is 2.17. The standard InChI is InChI=1S/C8H7NOS/c1-5-4-7(10)9-6(5)2-3-8(9)11/h2-4,11H,1H3. The summed E-state index contributed by atoms with van der Waals surface area (Å²) in [5.41, 5.74) is 1.97. The molecule has 1 aliphatic heterocycles. The lowest BCUT2D eigenvalue weighted by molar-refractivity contribution is 0.0966. The summed E-state index contributed by atoms with van der Waals surface area (Å²) in [6.45, 7) is 1.92. The van der Waals surface area contributed by atoms with E-state index in [4.69, 9.17) is 0 Å². The number of nitrogens with zero attached hydrogens (tertiary/aromatic N) is 1. The molecule has 11 heavy (non-hydrogen) atoms. The van der Waals surface area contributed by atoms with Gasteiger partial charge in [0.05, 0.1) is 10.7 Å². The molecule has 2 rings (SSSR count). The van der Waals surface area contributed by atoms with Crippen molar-refractivity contribution in [2.75, 3.05) is 0 Å². The van der Waals surface area contributed by atoms with Crippen molar-refractivity contribution >= 4 is 24.1 Å². The average Bonchev–Trinajstić information content (AvgIpc) is 2.41. The number of rotatable bonds is 0. The van der Waals surface area contributed by atoms with Crippen molar-refractivity contribution in [3.63, 3.8) is 0 Å². The second kappa shape index (κ2) is 2.01. The van der Waals surface area contributed by atoms with Crippen LogP contribution in [0.4, 0.5) is 0 Å². The maximum absolute atomic E-state index is 11.2. The van der Waals surface area contributed by atoms with Gasteiger partial charge in [0.15, 0.2) is 0 Å². The molecule has 0 aliphatic carbocycles. The Bertz CT molecular complexity index is 362. The maximum Gasteiger partial charge on any atom is 0.256 e. The molecule has 1 aliphatic rings. The molecule has 1 aromatic rings. The number of aromatic nitrogens is 1. The zero-order chi connectivity index (χ0) is 8.01. The highest BCUT2D eigenvalue weighted by molar-refractivity contribution is 7.80. The van der Waals surface area contributed by atoms with Gasteiger partial charge in [0.2, 0.25) is 0 Å². The Labute approximate surface area is 69.9 Å². The zero-order valence-corrected chi connectivity index (χ0v) is 6.93. The van der Waals surface area contributed by atoms with E-state index < -0.39 is 0 Å². The molecule has 2 heterocycles. The molecule has 3 heteroatoms. The number of thiol groups is 1. The molecule has 0 radical (unpaired) electrons. The highest BCUT2D eigenvalue weighted by atomic mass is 32.1. The van der Waals surface area contributed by atoms with Crippen LogP contribution in [0.2, 0.25) is 0 Å². The Morgan fingerprint density at radius 2 is 2.18 bits per heavy atom. The van der Waals surface area contributed by atoms with Gasteiger partial charge in [0, 0.05) is 6.08 Å². The van der Waals surface area contributed by atoms with E-state index in [1.165, 1.54) is 0 Å². The van der Waals surface area contributed by atoms with Crippen LogP contribution in [0.25, 0.3) is 5.57 Å². The highest BCUT2D eigenvalue weighted by Crippen LogP contribution is 2.25. The lowest BCUT2D eigenvalue weighted by atomic mass is 10.2. The smallest absolute Gasteiger partial charge is 0.256 e. The molecule has 0 aromatic carbocycles. The lowest BCUT2D eigenvalue weighted by Crippen LogP contribution is -2.03. The molecule has 0 spiro atoms. The molecule has 2 nitrogen and oxygen atoms in total. The first-order valence-electron chi connectivity index (χ1n) is 3.34. The molecule has 0 saturated heterocycles. The highest BCUT2D eigenvalue weighted by Gasteiger charge is 2.18. The van der Waals surface area contributed by atoms with Crippen molar-refractivity contribution in [3.8, 4) is 0 Å². The van der Waals surface area contributed by atoms with Crippen LogP contribution in [0.1, 0.15) is 17.4 Å². The molecule has 0 bridgehead atoms. The van der Waals surface area contributed by atoms with Crippen molar-refractivity contribution in [1.82, 2.24) is 4.57 Å². The molecule has 0 fully saturated rings. The van der Waals surface area contributed by atoms with Crippen LogP contribution >= 0.6 is 12.6 Å². The summed E-state index contributed by atoms with van der Waals surface area (Å²) in [4.78, 5) is 11.2. The Morgan fingerprint density at radius 3 is 2.82 bits per heavy atom. The molecule has 0 N–H and O–H groups in total. The maximum atomic E-state index is 11.2. The zero-order valence-electron chi connectivity index (χ0n) is 6.03. The minimum absolute atomic E-state index is 0.00694. The summed E-state index contributed by atoms with van der Waals surface area (Å²) in [6.07, 6.45) is 1.62. The van der Waals surface area contributed by atoms with E-state index in [1.807, 2.05) is 19.1 Å². The van der Waals surface area contributed by atoms with Crippen molar-refractivity contribution in [2.45, 2.75) is 11.9 Å². The molecule has 0 saturated carbocycles. The topological polar surface area (TPSA) is 22.0 Å². The SMILES string of the molecule is CC1=CC(=O)n2c(S)ccc21. The fraction of sp³-hybridized carbons (Fsp3) is 0.125. The van der Waals surface area contributed by atoms with Gasteiger partial charge < -0.3 is 0 Å². The van der Waals surface area contributed by atoms with Crippen LogP contribution in [0.5, 0.6) is 0 Å². The van der Waals surface area contributed by atoms with Gasteiger partial charge >= 0.3 is 0 Å². The van der Waals surface area contributed by atoms with Crippen molar-refractivity contribution < 1.29 is 4.79 Å². The summed E-state index contributed by atoms with van der Waals surface area (Å²) in [6, 6.07) is 3.73. The number of fused-ring (bicyclic) bond motifs is 1. The Hall–Kier alpha value is -0.960. The Balaban J connectivity index is 2.73. The van der Waals surface area contributed by atoms with E-state index >= 15 is 0 Å². The number of carbonyl (C=O) groups is 1. The third-order valence-electron chi connectivity index (χ3n) is 1.82. The first-order valence-corrected chi connectivity index (χ1v) is 3.78. The lowest BCUT2D eigenvalue weighted by Gasteiger charge is -1.96. The van der Waals surface area contributed by atoms with Crippen LogP contribution in [0.3, 0.4) is 0 Å². The predicted octanol–water partition coefficient (Wildman–Crippen LogP) is 1.83. The van der Waals surface area contributed by atoms with Gasteiger partial charge in [-0.3, -0.25) is 9.36 Å². The fourth-order valence-electron chi connectivity index (χ4n) is 1.29. The molecule has 0 unspecified atom stereocenters. The molecule has 0 atom stereocenters. The number of hydrogen-bond donors (Lipinski definition) is 1. The quantitative estimate of drug-likeness (QED) is 0.582. The van der Waals surface area contributed by atoms with Gasteiger partial charge in [-0.2, -0.15) is 0 Å². The molecular formula is C8H7NOS. The first-order chi connectivity index (χ1) is 5.20. The molecular weight excluding hydrogens is 158 g/mol. The molecule has 1 aromatic heterocycles. The van der Waals surface area contributed by atoms with E-state index in [1.54, 1.807) is 10.6 Å². The van der Waals surface area contributed by atoms with Crippen LogP contribution in [0, 0.1) is 0 Å². The van der Waals surface area contributed by atoms with Crippen LogP contribution in [-0.4, -0.2) is 10.5 Å². The molecule has 0 amide bonds. The summed E-state index contributed by atoms with van der Waals surface area (Å²) in [5.74, 6) is 0.00694. The van der Waals surface area contributed by atoms with Crippen molar-refractivity contribution in [1.29, 1.82) is 0 Å². The fourth-order valence-corrected chi connectivity index (χ4v) is 1.57. The second-order valence-corrected chi connectivity index (χ2v) is 3.04. The number of hydrogen-bond acceptors (Lipinski definition) is 2. The summed E-state index contributed by atoms with van der Waals surface area (Å²) in [5, 5.41) is 0.707. The van der Waals surface area contributed by atoms with E-state index in [9.17, 15) is 4.79 Å². The van der Waals surface area contributed by atoms with Crippen LogP contribution in [-0.2, 0) is 0 Å². The van der Waals surface area contributed by atoms with Crippen molar-refractivity contribution in [3.05, 3.63) is 23.9 Å². The largest absolute Gasteiger partial charge is 0.272 e. The minimum atomic E-state index is 0.00694. The van der Waals surface area contributed by atoms with Crippen LogP contribution < -0.4 is 0 Å². The van der Waals surface area contributed by atoms with Gasteiger partial charge in [-0.1, -0.05) is 0 Å². The molecule has 56 valence electrons. The third kappa shape index (κ3) is 0.775. The summed E-state index contributed by atoms with van der Waals surface area (Å²) < 4.78 is 1.60. The second-order valence-electron chi connectivity index (χ2n) is 2.58. The van der Waals surface area contributed by atoms with Gasteiger partial charge in [0.25, 0.3) is 5.91 Å². The Kier molecular flexibility index (Phi) is 1.23. The summed E-state index contributed by atoms with van der Waals surface area (Å²) >= 11 is 4.15. The van der Waals surface area contributed by atoms with Gasteiger partial charge in [-0.15, -0.1) is 12.6 Å². The van der Waals surface area contributed by atoms with E-state index in [2.05, 4.69) is 12.6 Å². The monoisotopic (exact) mass is 165 g/mol. The minimum Gasteiger partial charge on any atom is -0.272 e. The number of carbonyl (C=O) groups excluding carboxylic acids is 1. The van der Waals surface area contributed by atoms with E-state index in [0.717, 1.165) is 11.3 Å². The Morgan fingerprint density at radius 1 is 1.45 bits per heavy atom. The predicted molar refractivity (Wildman–Crippen MR) is 46.0 cm³/mol. The van der Waals surface area contributed by atoms with E-state index in [0.29, 0.717) is 5.03 Å². The summed E-state index contributed by atoms with van der Waals surface area (Å²) in [7, 11) is 0.